The summed E-state index contributed by atoms with van der Waals surface area (Å²) in [5, 5.41) is 13.2. The average Bonchev–Trinajstić information content (AvgIpc) is 2.39. The number of benzene rings is 1. The van der Waals surface area contributed by atoms with Gasteiger partial charge in [-0.25, -0.2) is 0 Å². The highest BCUT2D eigenvalue weighted by Gasteiger charge is 2.32. The molecule has 0 aromatic heterocycles. The van der Waals surface area contributed by atoms with Gasteiger partial charge in [-0.15, -0.1) is 0 Å². The topological polar surface area (TPSA) is 45.0 Å². The summed E-state index contributed by atoms with van der Waals surface area (Å²) in [6.45, 7) is 1.27. The van der Waals surface area contributed by atoms with Crippen LogP contribution in [0.2, 0.25) is 5.02 Å². The maximum absolute atomic E-state index is 9.25. The first kappa shape index (κ1) is 12.2. The van der Waals surface area contributed by atoms with E-state index in [0.717, 1.165) is 31.6 Å². The van der Waals surface area contributed by atoms with E-state index in [4.69, 9.17) is 16.3 Å². The van der Waals surface area contributed by atoms with E-state index in [2.05, 4.69) is 11.4 Å². The summed E-state index contributed by atoms with van der Waals surface area (Å²) in [7, 11) is 0. The quantitative estimate of drug-likeness (QED) is 0.897. The molecule has 0 radical (unpaired) electrons. The zero-order valence-corrected chi connectivity index (χ0v) is 10.3. The predicted molar refractivity (Wildman–Crippen MR) is 67.1 cm³/mol. The Morgan fingerprint density at radius 1 is 1.35 bits per heavy atom. The highest BCUT2D eigenvalue weighted by Crippen LogP contribution is 2.21. The van der Waals surface area contributed by atoms with Crippen molar-refractivity contribution in [3.63, 3.8) is 0 Å². The molecule has 1 aliphatic heterocycles. The summed E-state index contributed by atoms with van der Waals surface area (Å²) in [5.74, 6) is 0.747. The summed E-state index contributed by atoms with van der Waals surface area (Å²) in [5.41, 5.74) is -0.530. The van der Waals surface area contributed by atoms with E-state index >= 15 is 0 Å². The lowest BCUT2D eigenvalue weighted by molar-refractivity contribution is 0.192. The second-order valence-corrected chi connectivity index (χ2v) is 4.76. The number of hydrogen-bond donors (Lipinski definition) is 1. The first-order chi connectivity index (χ1) is 8.24. The van der Waals surface area contributed by atoms with E-state index in [1.165, 1.54) is 0 Å². The smallest absolute Gasteiger partial charge is 0.141 e. The number of halogens is 1. The number of rotatable bonds is 3. The Bertz CT molecular complexity index is 404. The molecule has 1 atom stereocenters. The van der Waals surface area contributed by atoms with Gasteiger partial charge in [-0.05, 0) is 50.1 Å². The van der Waals surface area contributed by atoms with Crippen LogP contribution in [-0.2, 0) is 0 Å². The molecule has 0 amide bonds. The zero-order chi connectivity index (χ0) is 12.1. The highest BCUT2D eigenvalue weighted by molar-refractivity contribution is 6.30. The van der Waals surface area contributed by atoms with Gasteiger partial charge in [0, 0.05) is 5.02 Å². The molecule has 1 fully saturated rings. The Balaban J connectivity index is 1.96. The third-order valence-corrected chi connectivity index (χ3v) is 3.26. The lowest BCUT2D eigenvalue weighted by Gasteiger charge is -2.31. The third kappa shape index (κ3) is 3.12. The summed E-state index contributed by atoms with van der Waals surface area (Å²) in [6, 6.07) is 9.53. The Morgan fingerprint density at radius 2 is 2.12 bits per heavy atom. The molecule has 1 aromatic carbocycles. The Labute approximate surface area is 106 Å². The van der Waals surface area contributed by atoms with Gasteiger partial charge in [-0.2, -0.15) is 5.26 Å². The SMILES string of the molecule is N#CC1(COc2ccc(Cl)cc2)CCCCN1. The summed E-state index contributed by atoms with van der Waals surface area (Å²) >= 11 is 5.79. The van der Waals surface area contributed by atoms with Crippen molar-refractivity contribution >= 4 is 11.6 Å². The van der Waals surface area contributed by atoms with Crippen LogP contribution in [-0.4, -0.2) is 18.7 Å². The molecule has 1 aromatic rings. The van der Waals surface area contributed by atoms with E-state index < -0.39 is 5.54 Å². The maximum atomic E-state index is 9.25. The van der Waals surface area contributed by atoms with Crippen LogP contribution in [0.3, 0.4) is 0 Å². The Hall–Kier alpha value is -1.24. The van der Waals surface area contributed by atoms with Crippen LogP contribution < -0.4 is 10.1 Å². The molecule has 0 saturated carbocycles. The van der Waals surface area contributed by atoms with Crippen molar-refractivity contribution in [1.29, 1.82) is 5.26 Å². The van der Waals surface area contributed by atoms with Crippen molar-refractivity contribution in [3.8, 4) is 11.8 Å². The minimum atomic E-state index is -0.530. The van der Waals surface area contributed by atoms with Gasteiger partial charge in [-0.3, -0.25) is 5.32 Å². The highest BCUT2D eigenvalue weighted by atomic mass is 35.5. The van der Waals surface area contributed by atoms with Crippen LogP contribution in [0.25, 0.3) is 0 Å². The molecule has 4 heteroatoms. The number of nitrogens with one attached hydrogen (secondary N) is 1. The molecular formula is C13H15ClN2O. The number of ether oxygens (including phenoxy) is 1. The monoisotopic (exact) mass is 250 g/mol. The van der Waals surface area contributed by atoms with Crippen molar-refractivity contribution < 1.29 is 4.74 Å². The van der Waals surface area contributed by atoms with E-state index in [1.54, 1.807) is 12.1 Å². The van der Waals surface area contributed by atoms with Crippen LogP contribution in [0.5, 0.6) is 5.75 Å². The van der Waals surface area contributed by atoms with E-state index in [1.807, 2.05) is 12.1 Å². The van der Waals surface area contributed by atoms with Crippen LogP contribution in [0.4, 0.5) is 0 Å². The van der Waals surface area contributed by atoms with Gasteiger partial charge in [0.1, 0.15) is 17.9 Å². The molecule has 1 saturated heterocycles. The van der Waals surface area contributed by atoms with Crippen molar-refractivity contribution in [2.24, 2.45) is 0 Å². The number of hydrogen-bond acceptors (Lipinski definition) is 3. The molecule has 1 heterocycles. The molecule has 0 spiro atoms. The fourth-order valence-electron chi connectivity index (χ4n) is 1.96. The van der Waals surface area contributed by atoms with E-state index in [-0.39, 0.29) is 0 Å². The first-order valence-corrected chi connectivity index (χ1v) is 6.17. The fraction of sp³-hybridized carbons (Fsp3) is 0.462. The normalized spacial score (nSPS) is 24.0. The molecular weight excluding hydrogens is 236 g/mol. The molecule has 2 rings (SSSR count). The third-order valence-electron chi connectivity index (χ3n) is 3.01. The van der Waals surface area contributed by atoms with Crippen LogP contribution in [0.15, 0.2) is 24.3 Å². The number of nitriles is 1. The minimum absolute atomic E-state index is 0.380. The van der Waals surface area contributed by atoms with Gasteiger partial charge in [0.15, 0.2) is 0 Å². The first-order valence-electron chi connectivity index (χ1n) is 5.79. The van der Waals surface area contributed by atoms with Crippen LogP contribution in [0, 0.1) is 11.3 Å². The van der Waals surface area contributed by atoms with Crippen LogP contribution >= 0.6 is 11.6 Å². The van der Waals surface area contributed by atoms with Gasteiger partial charge in [0.2, 0.25) is 0 Å². The van der Waals surface area contributed by atoms with Gasteiger partial charge < -0.3 is 4.74 Å². The lowest BCUT2D eigenvalue weighted by atomic mass is 9.91. The van der Waals surface area contributed by atoms with Crippen molar-refractivity contribution in [2.75, 3.05) is 13.2 Å². The summed E-state index contributed by atoms with van der Waals surface area (Å²) < 4.78 is 5.65. The molecule has 0 bridgehead atoms. The lowest BCUT2D eigenvalue weighted by Crippen LogP contribution is -2.51. The minimum Gasteiger partial charge on any atom is -0.491 e. The Morgan fingerprint density at radius 3 is 2.71 bits per heavy atom. The standard InChI is InChI=1S/C13H15ClN2O/c14-11-3-5-12(6-4-11)17-10-13(9-15)7-1-2-8-16-13/h3-6,16H,1-2,7-8,10H2. The van der Waals surface area contributed by atoms with Gasteiger partial charge >= 0.3 is 0 Å². The molecule has 1 N–H and O–H groups in total. The summed E-state index contributed by atoms with van der Waals surface area (Å²) in [6.07, 6.45) is 3.05. The molecule has 1 unspecified atom stereocenters. The molecule has 3 nitrogen and oxygen atoms in total. The maximum Gasteiger partial charge on any atom is 0.141 e. The zero-order valence-electron chi connectivity index (χ0n) is 9.58. The largest absolute Gasteiger partial charge is 0.491 e. The fourth-order valence-corrected chi connectivity index (χ4v) is 2.08. The number of nitrogens with zero attached hydrogens (tertiary/aromatic N) is 1. The molecule has 90 valence electrons. The van der Waals surface area contributed by atoms with Crippen molar-refractivity contribution in [1.82, 2.24) is 5.32 Å². The number of piperidine rings is 1. The van der Waals surface area contributed by atoms with Crippen molar-refractivity contribution in [3.05, 3.63) is 29.3 Å². The predicted octanol–water partition coefficient (Wildman–Crippen LogP) is 2.75. The van der Waals surface area contributed by atoms with Crippen molar-refractivity contribution in [2.45, 2.75) is 24.8 Å². The Kier molecular flexibility index (Phi) is 3.88. The van der Waals surface area contributed by atoms with Gasteiger partial charge in [0.25, 0.3) is 0 Å². The van der Waals surface area contributed by atoms with E-state index in [9.17, 15) is 5.26 Å². The second kappa shape index (κ2) is 5.39. The summed E-state index contributed by atoms with van der Waals surface area (Å²) in [4.78, 5) is 0. The van der Waals surface area contributed by atoms with E-state index in [0.29, 0.717) is 11.6 Å². The molecule has 1 aliphatic rings. The van der Waals surface area contributed by atoms with Gasteiger partial charge in [0.05, 0.1) is 6.07 Å². The molecule has 17 heavy (non-hydrogen) atoms. The van der Waals surface area contributed by atoms with Gasteiger partial charge in [-0.1, -0.05) is 11.6 Å². The van der Waals surface area contributed by atoms with Crippen LogP contribution in [0.1, 0.15) is 19.3 Å². The molecule has 0 aliphatic carbocycles. The average molecular weight is 251 g/mol. The second-order valence-electron chi connectivity index (χ2n) is 4.32.